The van der Waals surface area contributed by atoms with Gasteiger partial charge in [-0.3, -0.25) is 10.1 Å². The van der Waals surface area contributed by atoms with E-state index in [0.717, 1.165) is 9.48 Å². The Morgan fingerprint density at radius 3 is 2.59 bits per heavy atom. The van der Waals surface area contributed by atoms with Gasteiger partial charge < -0.3 is 4.74 Å². The molecule has 1 N–H and O–H groups in total. The summed E-state index contributed by atoms with van der Waals surface area (Å²) in [5.74, 6) is 0.668. The molecular formula is C18H18BrClN4O2S. The number of aryl methyl sites for hydroxylation is 1. The average Bonchev–Trinajstić information content (AvgIpc) is 2.93. The van der Waals surface area contributed by atoms with Gasteiger partial charge in [0, 0.05) is 11.0 Å². The zero-order valence-corrected chi connectivity index (χ0v) is 18.6. The van der Waals surface area contributed by atoms with E-state index in [1.807, 2.05) is 27.7 Å². The third kappa shape index (κ3) is 4.07. The molecule has 27 heavy (non-hydrogen) atoms. The van der Waals surface area contributed by atoms with E-state index < -0.39 is 5.41 Å². The molecule has 0 aliphatic rings. The van der Waals surface area contributed by atoms with Gasteiger partial charge >= 0.3 is 0 Å². The maximum atomic E-state index is 12.4. The molecule has 2 aromatic heterocycles. The number of anilines is 1. The molecule has 1 aromatic carbocycles. The van der Waals surface area contributed by atoms with E-state index in [-0.39, 0.29) is 11.9 Å². The molecule has 0 bridgehead atoms. The van der Waals surface area contributed by atoms with Crippen molar-refractivity contribution in [3.63, 3.8) is 0 Å². The second-order valence-corrected chi connectivity index (χ2v) is 9.40. The molecule has 142 valence electrons. The molecule has 0 fully saturated rings. The normalized spacial score (nSPS) is 11.7. The number of benzene rings is 1. The number of rotatable bonds is 3. The monoisotopic (exact) mass is 468 g/mol. The van der Waals surface area contributed by atoms with Crippen LogP contribution >= 0.6 is 38.9 Å². The first kappa shape index (κ1) is 20.0. The Morgan fingerprint density at radius 1 is 1.26 bits per heavy atom. The highest BCUT2D eigenvalue weighted by molar-refractivity contribution is 9.10. The Labute approximate surface area is 174 Å². The largest absolute Gasteiger partial charge is 0.496 e. The number of carbonyl (C=O) groups excluding carboxylic acids is 1. The molecule has 0 radical (unpaired) electrons. The van der Waals surface area contributed by atoms with Crippen LogP contribution in [0.15, 0.2) is 16.6 Å². The first-order chi connectivity index (χ1) is 12.6. The topological polar surface area (TPSA) is 77.0 Å². The number of halogens is 2. The number of fused-ring (bicyclic) bond motifs is 1. The third-order valence-electron chi connectivity index (χ3n) is 3.77. The second-order valence-electron chi connectivity index (χ2n) is 6.95. The van der Waals surface area contributed by atoms with Gasteiger partial charge in [0.2, 0.25) is 11.9 Å². The van der Waals surface area contributed by atoms with Gasteiger partial charge in [0.05, 0.1) is 21.6 Å². The smallest absolute Gasteiger partial charge is 0.232 e. The summed E-state index contributed by atoms with van der Waals surface area (Å²) in [5, 5.41) is 4.12. The minimum absolute atomic E-state index is 0.173. The number of thiazole rings is 1. The first-order valence-electron chi connectivity index (χ1n) is 8.10. The van der Waals surface area contributed by atoms with Crippen molar-refractivity contribution in [2.75, 3.05) is 12.4 Å². The summed E-state index contributed by atoms with van der Waals surface area (Å²) in [5.41, 5.74) is 1.27. The molecule has 0 atom stereocenters. The van der Waals surface area contributed by atoms with Gasteiger partial charge in [-0.15, -0.1) is 0 Å². The van der Waals surface area contributed by atoms with Crippen molar-refractivity contribution in [1.29, 1.82) is 0 Å². The van der Waals surface area contributed by atoms with E-state index in [1.165, 1.54) is 11.3 Å². The average molecular weight is 470 g/mol. The standard InChI is InChI=1S/C18H18BrClN4O2S/c1-8-21-14-13(9-6-12(26-5)10(19)7-11(9)20)22-17(23-15(14)27-8)24-16(25)18(2,3)4/h6-7H,1-5H3,(H,22,23,24,25). The lowest BCUT2D eigenvalue weighted by Gasteiger charge is -2.17. The minimum atomic E-state index is -0.569. The zero-order valence-electron chi connectivity index (χ0n) is 15.5. The number of hydrogen-bond donors (Lipinski definition) is 1. The van der Waals surface area contributed by atoms with Crippen LogP contribution in [-0.2, 0) is 4.79 Å². The van der Waals surface area contributed by atoms with Gasteiger partial charge in [-0.2, -0.15) is 4.98 Å². The quantitative estimate of drug-likeness (QED) is 0.550. The molecule has 0 aliphatic carbocycles. The molecule has 3 aromatic rings. The molecule has 0 saturated carbocycles. The number of methoxy groups -OCH3 is 1. The number of amides is 1. The van der Waals surface area contributed by atoms with Crippen LogP contribution in [0.4, 0.5) is 5.95 Å². The summed E-state index contributed by atoms with van der Waals surface area (Å²) in [4.78, 5) is 26.6. The number of nitrogens with zero attached hydrogens (tertiary/aromatic N) is 3. The van der Waals surface area contributed by atoms with Crippen molar-refractivity contribution in [1.82, 2.24) is 15.0 Å². The van der Waals surface area contributed by atoms with Gasteiger partial charge in [-0.05, 0) is 35.0 Å². The van der Waals surface area contributed by atoms with E-state index in [0.29, 0.717) is 32.4 Å². The minimum Gasteiger partial charge on any atom is -0.496 e. The fourth-order valence-corrected chi connectivity index (χ4v) is 4.00. The first-order valence-corrected chi connectivity index (χ1v) is 10.1. The molecule has 1 amide bonds. The Bertz CT molecular complexity index is 1050. The summed E-state index contributed by atoms with van der Waals surface area (Å²) in [6.45, 7) is 7.38. The molecule has 0 spiro atoms. The van der Waals surface area contributed by atoms with Crippen molar-refractivity contribution in [3.05, 3.63) is 26.6 Å². The predicted octanol–water partition coefficient (Wildman–Crippen LogP) is 5.47. The van der Waals surface area contributed by atoms with Crippen molar-refractivity contribution < 1.29 is 9.53 Å². The van der Waals surface area contributed by atoms with E-state index >= 15 is 0 Å². The summed E-state index contributed by atoms with van der Waals surface area (Å²) >= 11 is 11.3. The van der Waals surface area contributed by atoms with Gasteiger partial charge in [-0.1, -0.05) is 43.7 Å². The SMILES string of the molecule is COc1cc(-c2nc(NC(=O)C(C)(C)C)nc3sc(C)nc23)c(Cl)cc1Br. The Hall–Kier alpha value is -1.77. The summed E-state index contributed by atoms with van der Waals surface area (Å²) in [6.07, 6.45) is 0. The van der Waals surface area contributed by atoms with Crippen LogP contribution < -0.4 is 10.1 Å². The van der Waals surface area contributed by atoms with E-state index in [9.17, 15) is 4.79 Å². The lowest BCUT2D eigenvalue weighted by Crippen LogP contribution is -2.28. The summed E-state index contributed by atoms with van der Waals surface area (Å²) in [6, 6.07) is 3.54. The highest BCUT2D eigenvalue weighted by atomic mass is 79.9. The van der Waals surface area contributed by atoms with E-state index in [2.05, 4.69) is 36.2 Å². The zero-order chi connectivity index (χ0) is 19.9. The van der Waals surface area contributed by atoms with E-state index in [4.69, 9.17) is 16.3 Å². The van der Waals surface area contributed by atoms with Crippen LogP contribution in [0.5, 0.6) is 5.75 Å². The predicted molar refractivity (Wildman–Crippen MR) is 113 cm³/mol. The van der Waals surface area contributed by atoms with Crippen LogP contribution in [0.3, 0.4) is 0 Å². The maximum Gasteiger partial charge on any atom is 0.232 e. The molecule has 3 rings (SSSR count). The number of ether oxygens (including phenoxy) is 1. The van der Waals surface area contributed by atoms with Crippen LogP contribution in [0, 0.1) is 12.3 Å². The van der Waals surface area contributed by atoms with Crippen molar-refractivity contribution >= 4 is 61.1 Å². The molecule has 0 aliphatic heterocycles. The Balaban J connectivity index is 2.21. The third-order valence-corrected chi connectivity index (χ3v) is 5.57. The van der Waals surface area contributed by atoms with Gasteiger partial charge in [0.15, 0.2) is 0 Å². The molecule has 0 unspecified atom stereocenters. The number of nitrogens with one attached hydrogen (secondary N) is 1. The molecule has 2 heterocycles. The molecule has 0 saturated heterocycles. The maximum absolute atomic E-state index is 12.4. The molecular weight excluding hydrogens is 452 g/mol. The van der Waals surface area contributed by atoms with Crippen LogP contribution in [0.25, 0.3) is 21.6 Å². The van der Waals surface area contributed by atoms with Crippen molar-refractivity contribution in [2.45, 2.75) is 27.7 Å². The fourth-order valence-electron chi connectivity index (χ4n) is 2.33. The Morgan fingerprint density at radius 2 is 1.96 bits per heavy atom. The van der Waals surface area contributed by atoms with Crippen LogP contribution in [-0.4, -0.2) is 28.0 Å². The van der Waals surface area contributed by atoms with Gasteiger partial charge in [-0.25, -0.2) is 9.97 Å². The fraction of sp³-hybridized carbons (Fsp3) is 0.333. The number of aromatic nitrogens is 3. The highest BCUT2D eigenvalue weighted by Gasteiger charge is 2.24. The van der Waals surface area contributed by atoms with Crippen LogP contribution in [0.1, 0.15) is 25.8 Å². The lowest BCUT2D eigenvalue weighted by molar-refractivity contribution is -0.123. The van der Waals surface area contributed by atoms with Crippen molar-refractivity contribution in [3.8, 4) is 17.0 Å². The van der Waals surface area contributed by atoms with E-state index in [1.54, 1.807) is 19.2 Å². The summed E-state index contributed by atoms with van der Waals surface area (Å²) < 4.78 is 6.12. The highest BCUT2D eigenvalue weighted by Crippen LogP contribution is 2.39. The summed E-state index contributed by atoms with van der Waals surface area (Å²) in [7, 11) is 1.58. The van der Waals surface area contributed by atoms with Gasteiger partial charge in [0.1, 0.15) is 21.8 Å². The van der Waals surface area contributed by atoms with Crippen molar-refractivity contribution in [2.24, 2.45) is 5.41 Å². The lowest BCUT2D eigenvalue weighted by atomic mass is 9.96. The number of carbonyl (C=O) groups is 1. The number of hydrogen-bond acceptors (Lipinski definition) is 6. The molecule has 6 nitrogen and oxygen atoms in total. The second kappa shape index (κ2) is 7.33. The molecule has 9 heteroatoms. The van der Waals surface area contributed by atoms with Crippen LogP contribution in [0.2, 0.25) is 5.02 Å². The Kier molecular flexibility index (Phi) is 5.42. The van der Waals surface area contributed by atoms with Gasteiger partial charge in [0.25, 0.3) is 0 Å².